The number of rotatable bonds is 10. The van der Waals surface area contributed by atoms with Crippen molar-refractivity contribution in [2.45, 2.75) is 13.0 Å². The summed E-state index contributed by atoms with van der Waals surface area (Å²) in [6.07, 6.45) is 0.882. The molecular formula is C23H30N10. The van der Waals surface area contributed by atoms with Crippen LogP contribution in [0.3, 0.4) is 0 Å². The number of benzene rings is 2. The Balaban J connectivity index is 1.36. The lowest BCUT2D eigenvalue weighted by atomic mass is 10.00. The average molecular weight is 447 g/mol. The highest BCUT2D eigenvalue weighted by molar-refractivity contribution is 5.65. The molecule has 0 spiro atoms. The summed E-state index contributed by atoms with van der Waals surface area (Å²) in [5.74, 6) is 2.65. The first-order chi connectivity index (χ1) is 16.0. The summed E-state index contributed by atoms with van der Waals surface area (Å²) < 4.78 is 0. The minimum Gasteiger partial charge on any atom is -0.354 e. The normalized spacial score (nSPS) is 10.8. The van der Waals surface area contributed by atoms with Crippen LogP contribution in [0.5, 0.6) is 0 Å². The third-order valence-electron chi connectivity index (χ3n) is 5.10. The lowest BCUT2D eigenvalue weighted by Crippen LogP contribution is -2.10. The Morgan fingerprint density at radius 1 is 0.727 bits per heavy atom. The van der Waals surface area contributed by atoms with Crippen LogP contribution in [-0.2, 0) is 13.0 Å². The van der Waals surface area contributed by atoms with Gasteiger partial charge in [-0.2, -0.15) is 9.97 Å². The van der Waals surface area contributed by atoms with E-state index in [0.29, 0.717) is 30.3 Å². The van der Waals surface area contributed by atoms with E-state index in [1.54, 1.807) is 0 Å². The van der Waals surface area contributed by atoms with E-state index in [1.165, 1.54) is 22.3 Å². The predicted molar refractivity (Wildman–Crippen MR) is 133 cm³/mol. The Morgan fingerprint density at radius 2 is 1.27 bits per heavy atom. The molecule has 0 bridgehead atoms. The molecule has 4 rings (SSSR count). The van der Waals surface area contributed by atoms with E-state index in [-0.39, 0.29) is 0 Å². The zero-order valence-corrected chi connectivity index (χ0v) is 19.4. The van der Waals surface area contributed by atoms with Crippen molar-refractivity contribution in [3.63, 3.8) is 0 Å². The van der Waals surface area contributed by atoms with Gasteiger partial charge in [-0.25, -0.2) is 10.2 Å². The van der Waals surface area contributed by atoms with E-state index in [0.717, 1.165) is 13.0 Å². The van der Waals surface area contributed by atoms with Crippen LogP contribution in [0.2, 0.25) is 0 Å². The molecule has 0 fully saturated rings. The highest BCUT2D eigenvalue weighted by Gasteiger charge is 2.06. The summed E-state index contributed by atoms with van der Waals surface area (Å²) >= 11 is 0. The molecule has 33 heavy (non-hydrogen) atoms. The average Bonchev–Trinajstić information content (AvgIpc) is 3.48. The Labute approximate surface area is 193 Å². The molecule has 2 aromatic carbocycles. The molecule has 2 heterocycles. The van der Waals surface area contributed by atoms with Gasteiger partial charge >= 0.3 is 0 Å². The fourth-order valence-corrected chi connectivity index (χ4v) is 3.34. The van der Waals surface area contributed by atoms with Crippen LogP contribution in [0.4, 0.5) is 23.8 Å². The number of nitrogens with zero attached hydrogens (tertiary/aromatic N) is 6. The summed E-state index contributed by atoms with van der Waals surface area (Å²) in [6, 6.07) is 17.1. The lowest BCUT2D eigenvalue weighted by Gasteiger charge is -2.09. The van der Waals surface area contributed by atoms with Crippen LogP contribution in [-0.4, -0.2) is 65.1 Å². The van der Waals surface area contributed by atoms with Crippen molar-refractivity contribution < 1.29 is 0 Å². The molecule has 0 radical (unpaired) electrons. The molecule has 10 nitrogen and oxygen atoms in total. The monoisotopic (exact) mass is 446 g/mol. The second kappa shape index (κ2) is 10.0. The van der Waals surface area contributed by atoms with Gasteiger partial charge in [0.1, 0.15) is 0 Å². The Hall–Kier alpha value is -4.08. The fourth-order valence-electron chi connectivity index (χ4n) is 3.34. The van der Waals surface area contributed by atoms with E-state index >= 15 is 0 Å². The van der Waals surface area contributed by atoms with Crippen LogP contribution < -0.4 is 20.4 Å². The number of nitrogens with one attached hydrogen (secondary N) is 4. The first-order valence-corrected chi connectivity index (χ1v) is 10.8. The second-order valence-electron chi connectivity index (χ2n) is 8.19. The van der Waals surface area contributed by atoms with Gasteiger partial charge in [0.25, 0.3) is 0 Å². The third kappa shape index (κ3) is 5.79. The standard InChI is InChI=1S/C23H30N10/c1-32(2)22-26-20(28-30-22)24-12-11-16-7-5-9-18(13-16)19-10-6-8-17(14-19)15-25-21-27-23(31-29-21)33(3)4/h5-10,13-14H,11-12,15H2,1-4H3,(H2,24,26,28,30)(H2,25,27,29,31). The van der Waals surface area contributed by atoms with Gasteiger partial charge in [0, 0.05) is 41.3 Å². The number of anilines is 4. The maximum Gasteiger partial charge on any atom is 0.245 e. The molecule has 4 aromatic rings. The summed E-state index contributed by atoms with van der Waals surface area (Å²) in [6.45, 7) is 1.42. The van der Waals surface area contributed by atoms with Gasteiger partial charge in [-0.05, 0) is 34.7 Å². The summed E-state index contributed by atoms with van der Waals surface area (Å²) in [5, 5.41) is 20.7. The molecule has 0 aliphatic carbocycles. The van der Waals surface area contributed by atoms with E-state index in [2.05, 4.69) is 89.5 Å². The first kappa shape index (κ1) is 22.1. The van der Waals surface area contributed by atoms with Crippen molar-refractivity contribution in [3.05, 3.63) is 59.7 Å². The number of hydrogen-bond donors (Lipinski definition) is 4. The summed E-state index contributed by atoms with van der Waals surface area (Å²) in [7, 11) is 7.66. The highest BCUT2D eigenvalue weighted by atomic mass is 15.4. The smallest absolute Gasteiger partial charge is 0.245 e. The molecule has 0 unspecified atom stereocenters. The largest absolute Gasteiger partial charge is 0.354 e. The lowest BCUT2D eigenvalue weighted by molar-refractivity contribution is 0.981. The number of H-pyrrole nitrogens is 2. The first-order valence-electron chi connectivity index (χ1n) is 10.8. The van der Waals surface area contributed by atoms with Gasteiger partial charge < -0.3 is 20.4 Å². The van der Waals surface area contributed by atoms with Crippen molar-refractivity contribution in [3.8, 4) is 11.1 Å². The van der Waals surface area contributed by atoms with Crippen LogP contribution in [0.25, 0.3) is 11.1 Å². The molecule has 0 aliphatic rings. The zero-order valence-electron chi connectivity index (χ0n) is 19.4. The molecule has 4 N–H and O–H groups in total. The Bertz CT molecular complexity index is 1180. The zero-order chi connectivity index (χ0) is 23.2. The van der Waals surface area contributed by atoms with Gasteiger partial charge in [-0.3, -0.25) is 0 Å². The number of hydrogen-bond acceptors (Lipinski definition) is 8. The SMILES string of the molecule is CN(C)c1n[nH]c(NCCc2cccc(-c3cccc(CNc4nc(N(C)C)n[nH]4)c3)c2)n1. The van der Waals surface area contributed by atoms with Crippen molar-refractivity contribution in [1.29, 1.82) is 0 Å². The molecule has 0 aliphatic heterocycles. The van der Waals surface area contributed by atoms with Crippen molar-refractivity contribution in [1.82, 2.24) is 30.4 Å². The maximum absolute atomic E-state index is 4.41. The van der Waals surface area contributed by atoms with E-state index < -0.39 is 0 Å². The van der Waals surface area contributed by atoms with Gasteiger partial charge in [-0.15, -0.1) is 10.2 Å². The van der Waals surface area contributed by atoms with Gasteiger partial charge in [0.15, 0.2) is 0 Å². The summed E-state index contributed by atoms with van der Waals surface area (Å²) in [4.78, 5) is 12.5. The minimum atomic E-state index is 0.652. The molecule has 0 saturated heterocycles. The van der Waals surface area contributed by atoms with Gasteiger partial charge in [0.2, 0.25) is 23.8 Å². The van der Waals surface area contributed by atoms with Crippen LogP contribution in [0.1, 0.15) is 11.1 Å². The quantitative estimate of drug-likeness (QED) is 0.294. The summed E-state index contributed by atoms with van der Waals surface area (Å²) in [5.41, 5.74) is 4.80. The molecule has 0 atom stereocenters. The van der Waals surface area contributed by atoms with Crippen LogP contribution >= 0.6 is 0 Å². The minimum absolute atomic E-state index is 0.652. The molecule has 0 saturated carbocycles. The van der Waals surface area contributed by atoms with Gasteiger partial charge in [-0.1, -0.05) is 42.5 Å². The molecule has 10 heteroatoms. The van der Waals surface area contributed by atoms with E-state index in [1.807, 2.05) is 38.0 Å². The molecule has 172 valence electrons. The van der Waals surface area contributed by atoms with E-state index in [9.17, 15) is 0 Å². The molecule has 0 amide bonds. The topological polar surface area (TPSA) is 114 Å². The maximum atomic E-state index is 4.41. The third-order valence-corrected chi connectivity index (χ3v) is 5.10. The Morgan fingerprint density at radius 3 is 1.85 bits per heavy atom. The van der Waals surface area contributed by atoms with Gasteiger partial charge in [0.05, 0.1) is 0 Å². The number of aromatic amines is 2. The Kier molecular flexibility index (Phi) is 6.72. The predicted octanol–water partition coefficient (Wildman–Crippen LogP) is 2.99. The van der Waals surface area contributed by atoms with Crippen molar-refractivity contribution in [2.24, 2.45) is 0 Å². The van der Waals surface area contributed by atoms with Crippen molar-refractivity contribution >= 4 is 23.8 Å². The van der Waals surface area contributed by atoms with E-state index in [4.69, 9.17) is 0 Å². The molecule has 2 aromatic heterocycles. The van der Waals surface area contributed by atoms with Crippen LogP contribution in [0, 0.1) is 0 Å². The number of aromatic nitrogens is 6. The van der Waals surface area contributed by atoms with Crippen LogP contribution in [0.15, 0.2) is 48.5 Å². The molecular weight excluding hydrogens is 416 g/mol. The highest BCUT2D eigenvalue weighted by Crippen LogP contribution is 2.22. The second-order valence-corrected chi connectivity index (χ2v) is 8.19. The fraction of sp³-hybridized carbons (Fsp3) is 0.304. The van der Waals surface area contributed by atoms with Crippen molar-refractivity contribution in [2.75, 3.05) is 55.2 Å².